The van der Waals surface area contributed by atoms with Crippen molar-refractivity contribution in [1.82, 2.24) is 14.9 Å². The summed E-state index contributed by atoms with van der Waals surface area (Å²) in [5, 5.41) is 6.92. The van der Waals surface area contributed by atoms with Crippen LogP contribution in [0.5, 0.6) is 0 Å². The average molecular weight is 407 g/mol. The van der Waals surface area contributed by atoms with Crippen LogP contribution in [0.15, 0.2) is 59.1 Å². The number of pyridine rings is 1. The Kier molecular flexibility index (Phi) is 6.65. The monoisotopic (exact) mass is 407 g/mol. The first-order valence-corrected chi connectivity index (χ1v) is 8.89. The number of alkyl halides is 2. The Morgan fingerprint density at radius 3 is 3.00 bits per heavy atom. The number of rotatable bonds is 8. The second-order valence-electron chi connectivity index (χ2n) is 6.44. The lowest BCUT2D eigenvalue weighted by Crippen LogP contribution is -2.27. The fourth-order valence-corrected chi connectivity index (χ4v) is 2.78. The summed E-state index contributed by atoms with van der Waals surface area (Å²) in [6.07, 6.45) is 2.08. The summed E-state index contributed by atoms with van der Waals surface area (Å²) in [5.41, 5.74) is 7.12. The Bertz CT molecular complexity index is 935. The third-order valence-electron chi connectivity index (χ3n) is 4.19. The third kappa shape index (κ3) is 5.67. The van der Waals surface area contributed by atoms with E-state index in [1.54, 1.807) is 22.8 Å². The molecule has 1 aliphatic rings. The van der Waals surface area contributed by atoms with Gasteiger partial charge in [-0.1, -0.05) is 6.07 Å². The first-order chi connectivity index (χ1) is 13.9. The highest BCUT2D eigenvalue weighted by molar-refractivity contribution is 5.94. The van der Waals surface area contributed by atoms with Crippen LogP contribution < -0.4 is 11.1 Å². The van der Waals surface area contributed by atoms with Gasteiger partial charge in [-0.05, 0) is 36.8 Å². The summed E-state index contributed by atoms with van der Waals surface area (Å²) in [5.74, 6) is -1.42. The number of amides is 1. The summed E-state index contributed by atoms with van der Waals surface area (Å²) < 4.78 is 44.4. The largest absolute Gasteiger partial charge is 0.386 e. The minimum Gasteiger partial charge on any atom is -0.386 e. The van der Waals surface area contributed by atoms with Gasteiger partial charge in [-0.2, -0.15) is 5.10 Å². The van der Waals surface area contributed by atoms with Crippen molar-refractivity contribution in [3.63, 3.8) is 0 Å². The predicted octanol–water partition coefficient (Wildman–Crippen LogP) is 2.46. The molecule has 0 aliphatic heterocycles. The highest BCUT2D eigenvalue weighted by Crippen LogP contribution is 2.25. The third-order valence-corrected chi connectivity index (χ3v) is 4.19. The number of carbonyl (C=O) groups is 1. The Hall–Kier alpha value is -3.14. The number of fused-ring (bicyclic) bond motifs is 1. The van der Waals surface area contributed by atoms with E-state index in [-0.39, 0.29) is 31.1 Å². The van der Waals surface area contributed by atoms with E-state index in [0.29, 0.717) is 5.70 Å². The molecule has 2 aromatic heterocycles. The van der Waals surface area contributed by atoms with E-state index in [9.17, 15) is 18.0 Å². The molecule has 0 bridgehead atoms. The summed E-state index contributed by atoms with van der Waals surface area (Å²) in [7, 11) is 0. The number of nitrogens with one attached hydrogen (secondary N) is 1. The summed E-state index contributed by atoms with van der Waals surface area (Å²) >= 11 is 0. The van der Waals surface area contributed by atoms with Gasteiger partial charge in [0.2, 0.25) is 0 Å². The molecule has 1 atom stereocenters. The summed E-state index contributed by atoms with van der Waals surface area (Å²) in [6.45, 7) is -0.987. The number of nitrogens with two attached hydrogens (primary N) is 1. The van der Waals surface area contributed by atoms with Gasteiger partial charge in [0.05, 0.1) is 12.1 Å². The zero-order valence-corrected chi connectivity index (χ0v) is 15.4. The Balaban J connectivity index is 1.56. The van der Waals surface area contributed by atoms with E-state index in [1.807, 2.05) is 12.1 Å². The zero-order chi connectivity index (χ0) is 20.8. The van der Waals surface area contributed by atoms with Gasteiger partial charge in [-0.25, -0.2) is 17.7 Å². The number of aromatic nitrogens is 2. The molecule has 0 saturated heterocycles. The molecule has 1 unspecified atom stereocenters. The van der Waals surface area contributed by atoms with Gasteiger partial charge < -0.3 is 15.8 Å². The molecule has 0 fully saturated rings. The highest BCUT2D eigenvalue weighted by atomic mass is 19.3. The van der Waals surface area contributed by atoms with Crippen molar-refractivity contribution in [3.8, 4) is 0 Å². The van der Waals surface area contributed by atoms with E-state index in [0.717, 1.165) is 5.52 Å². The quantitative estimate of drug-likeness (QED) is 0.519. The normalized spacial score (nSPS) is 17.4. The van der Waals surface area contributed by atoms with Crippen LogP contribution in [-0.2, 0) is 4.74 Å². The summed E-state index contributed by atoms with van der Waals surface area (Å²) in [4.78, 5) is 16.4. The van der Waals surface area contributed by atoms with Crippen LogP contribution in [-0.4, -0.2) is 47.5 Å². The predicted molar refractivity (Wildman–Crippen MR) is 101 cm³/mol. The van der Waals surface area contributed by atoms with E-state index in [1.165, 1.54) is 12.2 Å². The maximum Gasteiger partial charge on any atom is 0.275 e. The standard InChI is InChI=1S/C19H20F3N5O2/c20-15-5-4-13(7-12(15)9-24-18(23)11-29-10-17(21)22)25-19(28)16-8-14-3-1-2-6-27(14)26-16/h1-6,8,12,17H,7,9-11H2,(H2,23,24)(H,25,28). The molecule has 10 heteroatoms. The van der Waals surface area contributed by atoms with E-state index in [4.69, 9.17) is 5.73 Å². The van der Waals surface area contributed by atoms with Crippen molar-refractivity contribution in [2.45, 2.75) is 12.8 Å². The fraction of sp³-hybridized carbons (Fsp3) is 0.316. The molecule has 0 radical (unpaired) electrons. The van der Waals surface area contributed by atoms with Gasteiger partial charge in [0.1, 0.15) is 24.9 Å². The lowest BCUT2D eigenvalue weighted by atomic mass is 9.97. The van der Waals surface area contributed by atoms with Crippen LogP contribution in [0.2, 0.25) is 0 Å². The van der Waals surface area contributed by atoms with Crippen molar-refractivity contribution in [1.29, 1.82) is 0 Å². The van der Waals surface area contributed by atoms with E-state index < -0.39 is 30.7 Å². The van der Waals surface area contributed by atoms with Gasteiger partial charge in [-0.15, -0.1) is 0 Å². The van der Waals surface area contributed by atoms with Crippen molar-refractivity contribution >= 4 is 17.3 Å². The van der Waals surface area contributed by atoms with Crippen LogP contribution >= 0.6 is 0 Å². The maximum atomic E-state index is 14.1. The topological polar surface area (TPSA) is 94.0 Å². The molecule has 1 amide bonds. The van der Waals surface area contributed by atoms with Crippen LogP contribution in [0.4, 0.5) is 13.2 Å². The number of hydrogen-bond donors (Lipinski definition) is 2. The lowest BCUT2D eigenvalue weighted by Gasteiger charge is -2.19. The molecule has 2 aromatic rings. The second-order valence-corrected chi connectivity index (χ2v) is 6.44. The number of carbonyl (C=O) groups excluding carboxylic acids is 1. The van der Waals surface area contributed by atoms with Crippen molar-refractivity contribution in [2.75, 3.05) is 19.8 Å². The van der Waals surface area contributed by atoms with Gasteiger partial charge >= 0.3 is 0 Å². The van der Waals surface area contributed by atoms with Crippen LogP contribution in [0.25, 0.3) is 5.52 Å². The second kappa shape index (κ2) is 9.37. The van der Waals surface area contributed by atoms with Crippen molar-refractivity contribution in [2.24, 2.45) is 16.6 Å². The Labute approximate surface area is 164 Å². The SMILES string of the molecule is N/C(COCC(F)F)=N/CC1CC(NC(=O)c2cc3ccccn3n2)=CC=C1F. The van der Waals surface area contributed by atoms with Crippen LogP contribution in [0.1, 0.15) is 16.9 Å². The van der Waals surface area contributed by atoms with Crippen LogP contribution in [0, 0.1) is 5.92 Å². The Morgan fingerprint density at radius 1 is 1.41 bits per heavy atom. The molecular weight excluding hydrogens is 387 g/mol. The molecule has 3 N–H and O–H groups in total. The molecule has 0 aromatic carbocycles. The van der Waals surface area contributed by atoms with Crippen molar-refractivity contribution in [3.05, 3.63) is 59.8 Å². The number of nitrogens with zero attached hydrogens (tertiary/aromatic N) is 3. The number of ether oxygens (including phenoxy) is 1. The first-order valence-electron chi connectivity index (χ1n) is 8.89. The van der Waals surface area contributed by atoms with Gasteiger partial charge in [0.15, 0.2) is 5.69 Å². The molecule has 0 saturated carbocycles. The molecule has 7 nitrogen and oxygen atoms in total. The van der Waals surface area contributed by atoms with E-state index in [2.05, 4.69) is 20.1 Å². The molecule has 3 rings (SSSR count). The molecule has 154 valence electrons. The first kappa shape index (κ1) is 20.6. The molecule has 2 heterocycles. The Morgan fingerprint density at radius 2 is 2.24 bits per heavy atom. The maximum absolute atomic E-state index is 14.1. The van der Waals surface area contributed by atoms with Gasteiger partial charge in [0.25, 0.3) is 12.3 Å². The van der Waals surface area contributed by atoms with Crippen molar-refractivity contribution < 1.29 is 22.7 Å². The summed E-state index contributed by atoms with van der Waals surface area (Å²) in [6, 6.07) is 7.11. The molecular formula is C19H20F3N5O2. The van der Waals surface area contributed by atoms with E-state index >= 15 is 0 Å². The van der Waals surface area contributed by atoms with Gasteiger partial charge in [-0.3, -0.25) is 9.79 Å². The minimum absolute atomic E-state index is 0.00305. The minimum atomic E-state index is -2.59. The zero-order valence-electron chi connectivity index (χ0n) is 15.4. The number of aliphatic imine (C=N–C) groups is 1. The number of halogens is 3. The lowest BCUT2D eigenvalue weighted by molar-refractivity contribution is 0.0321. The molecule has 29 heavy (non-hydrogen) atoms. The van der Waals surface area contributed by atoms with Gasteiger partial charge in [0, 0.05) is 17.8 Å². The van der Waals surface area contributed by atoms with Crippen LogP contribution in [0.3, 0.4) is 0 Å². The highest BCUT2D eigenvalue weighted by Gasteiger charge is 2.22. The number of hydrogen-bond acceptors (Lipinski definition) is 4. The number of amidine groups is 1. The number of allylic oxidation sites excluding steroid dienone is 3. The molecule has 1 aliphatic carbocycles. The molecule has 0 spiro atoms. The fourth-order valence-electron chi connectivity index (χ4n) is 2.78. The smallest absolute Gasteiger partial charge is 0.275 e. The average Bonchev–Trinajstić information content (AvgIpc) is 3.12.